The van der Waals surface area contributed by atoms with Gasteiger partial charge in [-0.2, -0.15) is 5.10 Å². The summed E-state index contributed by atoms with van der Waals surface area (Å²) < 4.78 is 1.54. The van der Waals surface area contributed by atoms with Crippen molar-refractivity contribution in [1.29, 1.82) is 0 Å². The number of aromatic carboxylic acids is 1. The molecule has 0 atom stereocenters. The van der Waals surface area contributed by atoms with Gasteiger partial charge in [0, 0.05) is 6.20 Å². The lowest BCUT2D eigenvalue weighted by Crippen LogP contribution is -2.05. The van der Waals surface area contributed by atoms with E-state index < -0.39 is 5.97 Å². The number of aromatic nitrogens is 2. The molecule has 1 heterocycles. The number of nitrogens with two attached hydrogens (primary N) is 1. The number of carbonyl (C=O) groups is 1. The first-order valence-corrected chi connectivity index (χ1v) is 5.18. The molecule has 0 fully saturated rings. The van der Waals surface area contributed by atoms with Gasteiger partial charge in [-0.05, 0) is 18.1 Å². The molecule has 0 unspecified atom stereocenters. The van der Waals surface area contributed by atoms with E-state index in [1.54, 1.807) is 4.68 Å². The Morgan fingerprint density at radius 1 is 1.47 bits per heavy atom. The van der Waals surface area contributed by atoms with Crippen LogP contribution in [0.1, 0.15) is 21.6 Å². The maximum absolute atomic E-state index is 10.8. The Kier molecular flexibility index (Phi) is 2.82. The zero-order valence-corrected chi connectivity index (χ0v) is 9.42. The number of benzene rings is 1. The molecule has 0 amide bonds. The Hall–Kier alpha value is -2.30. The number of nitrogens with zero attached hydrogens (tertiary/aromatic N) is 2. The quantitative estimate of drug-likeness (QED) is 0.839. The molecule has 0 bridgehead atoms. The van der Waals surface area contributed by atoms with Gasteiger partial charge in [0.25, 0.3) is 0 Å². The summed E-state index contributed by atoms with van der Waals surface area (Å²) in [6, 6.07) is 7.88. The van der Waals surface area contributed by atoms with Crippen LogP contribution in [0, 0.1) is 6.92 Å². The lowest BCUT2D eigenvalue weighted by Gasteiger charge is -2.04. The molecule has 1 aromatic carbocycles. The number of hydrogen-bond acceptors (Lipinski definition) is 3. The SMILES string of the molecule is Cc1ccccc1Cn1cc(N)c(C(=O)O)n1. The molecule has 0 radical (unpaired) electrons. The summed E-state index contributed by atoms with van der Waals surface area (Å²) in [4.78, 5) is 10.8. The molecule has 0 spiro atoms. The average molecular weight is 231 g/mol. The Balaban J connectivity index is 2.28. The molecular formula is C12H13N3O2. The van der Waals surface area contributed by atoms with Gasteiger partial charge < -0.3 is 10.8 Å². The van der Waals surface area contributed by atoms with E-state index in [4.69, 9.17) is 10.8 Å². The largest absolute Gasteiger partial charge is 0.476 e. The normalized spacial score (nSPS) is 10.4. The molecule has 0 saturated heterocycles. The standard InChI is InChI=1S/C12H13N3O2/c1-8-4-2-3-5-9(8)6-15-7-10(13)11(14-15)12(16)17/h2-5,7H,6,13H2,1H3,(H,16,17). The third-order valence-electron chi connectivity index (χ3n) is 2.59. The van der Waals surface area contributed by atoms with Gasteiger partial charge in [-0.25, -0.2) is 4.79 Å². The van der Waals surface area contributed by atoms with Gasteiger partial charge in [0.15, 0.2) is 5.69 Å². The van der Waals surface area contributed by atoms with Crippen molar-refractivity contribution in [3.63, 3.8) is 0 Å². The second-order valence-corrected chi connectivity index (χ2v) is 3.86. The summed E-state index contributed by atoms with van der Waals surface area (Å²) in [5.41, 5.74) is 7.88. The number of carboxylic acid groups (broad SMARTS) is 1. The molecule has 5 heteroatoms. The van der Waals surface area contributed by atoms with Crippen LogP contribution in [-0.4, -0.2) is 20.9 Å². The van der Waals surface area contributed by atoms with Crippen molar-refractivity contribution in [3.05, 3.63) is 47.3 Å². The molecule has 0 aliphatic heterocycles. The fourth-order valence-corrected chi connectivity index (χ4v) is 1.65. The van der Waals surface area contributed by atoms with E-state index in [0.717, 1.165) is 11.1 Å². The van der Waals surface area contributed by atoms with E-state index in [2.05, 4.69) is 5.10 Å². The minimum Gasteiger partial charge on any atom is -0.476 e. The zero-order valence-electron chi connectivity index (χ0n) is 9.42. The first-order valence-electron chi connectivity index (χ1n) is 5.18. The van der Waals surface area contributed by atoms with Crippen molar-refractivity contribution < 1.29 is 9.90 Å². The van der Waals surface area contributed by atoms with Crippen molar-refractivity contribution in [3.8, 4) is 0 Å². The van der Waals surface area contributed by atoms with Gasteiger partial charge in [-0.1, -0.05) is 24.3 Å². The maximum Gasteiger partial charge on any atom is 0.358 e. The molecule has 0 aliphatic rings. The van der Waals surface area contributed by atoms with Gasteiger partial charge in [0.05, 0.1) is 12.2 Å². The first-order chi connectivity index (χ1) is 8.08. The highest BCUT2D eigenvalue weighted by Gasteiger charge is 2.13. The predicted octanol–water partition coefficient (Wildman–Crippen LogP) is 1.52. The van der Waals surface area contributed by atoms with Crippen molar-refractivity contribution >= 4 is 11.7 Å². The fraction of sp³-hybridized carbons (Fsp3) is 0.167. The summed E-state index contributed by atoms with van der Waals surface area (Å²) in [5, 5.41) is 12.8. The molecule has 2 aromatic rings. The number of hydrogen-bond donors (Lipinski definition) is 2. The van der Waals surface area contributed by atoms with Crippen LogP contribution in [0.2, 0.25) is 0 Å². The minimum absolute atomic E-state index is 0.0985. The molecular weight excluding hydrogens is 218 g/mol. The van der Waals surface area contributed by atoms with Gasteiger partial charge in [-0.3, -0.25) is 4.68 Å². The Morgan fingerprint density at radius 2 is 2.18 bits per heavy atom. The van der Waals surface area contributed by atoms with Gasteiger partial charge >= 0.3 is 5.97 Å². The van der Waals surface area contributed by atoms with Crippen molar-refractivity contribution in [1.82, 2.24) is 9.78 Å². The van der Waals surface area contributed by atoms with E-state index in [0.29, 0.717) is 6.54 Å². The van der Waals surface area contributed by atoms with E-state index in [1.165, 1.54) is 6.20 Å². The molecule has 0 saturated carbocycles. The van der Waals surface area contributed by atoms with E-state index in [1.807, 2.05) is 31.2 Å². The lowest BCUT2D eigenvalue weighted by atomic mass is 10.1. The minimum atomic E-state index is -1.11. The number of anilines is 1. The van der Waals surface area contributed by atoms with Gasteiger partial charge in [0.1, 0.15) is 0 Å². The topological polar surface area (TPSA) is 81.1 Å². The van der Waals surface area contributed by atoms with Crippen LogP contribution in [0.15, 0.2) is 30.5 Å². The molecule has 88 valence electrons. The van der Waals surface area contributed by atoms with Crippen LogP contribution in [0.5, 0.6) is 0 Å². The average Bonchev–Trinajstić information content (AvgIpc) is 2.63. The molecule has 2 rings (SSSR count). The Labute approximate surface area is 98.5 Å². The fourth-order valence-electron chi connectivity index (χ4n) is 1.65. The highest BCUT2D eigenvalue weighted by atomic mass is 16.4. The van der Waals surface area contributed by atoms with Gasteiger partial charge in [0.2, 0.25) is 0 Å². The predicted molar refractivity (Wildman–Crippen MR) is 63.9 cm³/mol. The maximum atomic E-state index is 10.8. The summed E-state index contributed by atoms with van der Waals surface area (Å²) in [5.74, 6) is -1.11. The zero-order chi connectivity index (χ0) is 12.4. The molecule has 0 aliphatic carbocycles. The Bertz CT molecular complexity index is 561. The number of nitrogen functional groups attached to an aromatic ring is 1. The third-order valence-corrected chi connectivity index (χ3v) is 2.59. The van der Waals surface area contributed by atoms with Crippen molar-refractivity contribution in [2.75, 3.05) is 5.73 Å². The van der Waals surface area contributed by atoms with Crippen LogP contribution < -0.4 is 5.73 Å². The van der Waals surface area contributed by atoms with Crippen LogP contribution in [0.4, 0.5) is 5.69 Å². The smallest absolute Gasteiger partial charge is 0.358 e. The van der Waals surface area contributed by atoms with Crippen LogP contribution >= 0.6 is 0 Å². The summed E-state index contributed by atoms with van der Waals surface area (Å²) in [6.07, 6.45) is 1.54. The van der Waals surface area contributed by atoms with Crippen LogP contribution in [0.25, 0.3) is 0 Å². The molecule has 17 heavy (non-hydrogen) atoms. The highest BCUT2D eigenvalue weighted by molar-refractivity contribution is 5.91. The molecule has 3 N–H and O–H groups in total. The van der Waals surface area contributed by atoms with Gasteiger partial charge in [-0.15, -0.1) is 0 Å². The third kappa shape index (κ3) is 2.28. The first kappa shape index (κ1) is 11.2. The van der Waals surface area contributed by atoms with E-state index in [-0.39, 0.29) is 11.4 Å². The van der Waals surface area contributed by atoms with E-state index >= 15 is 0 Å². The van der Waals surface area contributed by atoms with Crippen molar-refractivity contribution in [2.45, 2.75) is 13.5 Å². The second-order valence-electron chi connectivity index (χ2n) is 3.86. The summed E-state index contributed by atoms with van der Waals surface area (Å²) >= 11 is 0. The highest BCUT2D eigenvalue weighted by Crippen LogP contribution is 2.13. The monoisotopic (exact) mass is 231 g/mol. The Morgan fingerprint density at radius 3 is 2.76 bits per heavy atom. The number of rotatable bonds is 3. The number of carboxylic acids is 1. The molecule has 1 aromatic heterocycles. The summed E-state index contributed by atoms with van der Waals surface area (Å²) in [6.45, 7) is 2.52. The van der Waals surface area contributed by atoms with Crippen molar-refractivity contribution in [2.24, 2.45) is 0 Å². The summed E-state index contributed by atoms with van der Waals surface area (Å²) in [7, 11) is 0. The lowest BCUT2D eigenvalue weighted by molar-refractivity contribution is 0.0690. The van der Waals surface area contributed by atoms with Crippen LogP contribution in [0.3, 0.4) is 0 Å². The van der Waals surface area contributed by atoms with Crippen LogP contribution in [-0.2, 0) is 6.54 Å². The molecule has 5 nitrogen and oxygen atoms in total. The second kappa shape index (κ2) is 4.29. The van der Waals surface area contributed by atoms with E-state index in [9.17, 15) is 4.79 Å². The number of aryl methyl sites for hydroxylation is 1.